The van der Waals surface area contributed by atoms with Gasteiger partial charge in [-0.25, -0.2) is 0 Å². The van der Waals surface area contributed by atoms with Gasteiger partial charge < -0.3 is 9.73 Å². The van der Waals surface area contributed by atoms with E-state index in [2.05, 4.69) is 21.2 Å². The molecule has 0 unspecified atom stereocenters. The summed E-state index contributed by atoms with van der Waals surface area (Å²) in [5.74, 6) is 0. The zero-order chi connectivity index (χ0) is 13.1. The van der Waals surface area contributed by atoms with Crippen LogP contribution in [0.4, 0.5) is 11.4 Å². The number of hydrogen-bond donors (Lipinski definition) is 1. The molecule has 6 heteroatoms. The SMILES string of the molecule is Cc1cc(Br)c(NCc2ccoc2)cc1[N+](=O)[O-]. The lowest BCUT2D eigenvalue weighted by atomic mass is 10.2. The zero-order valence-corrected chi connectivity index (χ0v) is 11.2. The largest absolute Gasteiger partial charge is 0.472 e. The monoisotopic (exact) mass is 310 g/mol. The van der Waals surface area contributed by atoms with Gasteiger partial charge in [0, 0.05) is 28.2 Å². The maximum Gasteiger partial charge on any atom is 0.274 e. The molecule has 0 aliphatic heterocycles. The van der Waals surface area contributed by atoms with Gasteiger partial charge in [-0.15, -0.1) is 0 Å². The van der Waals surface area contributed by atoms with Crippen molar-refractivity contribution in [2.24, 2.45) is 0 Å². The maximum absolute atomic E-state index is 10.9. The molecule has 18 heavy (non-hydrogen) atoms. The second kappa shape index (κ2) is 5.22. The van der Waals surface area contributed by atoms with E-state index in [0.717, 1.165) is 10.0 Å². The molecule has 1 aromatic carbocycles. The van der Waals surface area contributed by atoms with E-state index in [-0.39, 0.29) is 10.6 Å². The molecular weight excluding hydrogens is 300 g/mol. The summed E-state index contributed by atoms with van der Waals surface area (Å²) in [6, 6.07) is 5.10. The normalized spacial score (nSPS) is 10.3. The number of nitro benzene ring substituents is 1. The molecule has 94 valence electrons. The first-order valence-corrected chi connectivity index (χ1v) is 6.06. The third kappa shape index (κ3) is 2.70. The Balaban J connectivity index is 2.22. The third-order valence-electron chi connectivity index (χ3n) is 2.55. The van der Waals surface area contributed by atoms with E-state index >= 15 is 0 Å². The number of nitro groups is 1. The number of nitrogens with zero attached hydrogens (tertiary/aromatic N) is 1. The predicted octanol–water partition coefficient (Wildman–Crippen LogP) is 3.87. The number of nitrogens with one attached hydrogen (secondary N) is 1. The van der Waals surface area contributed by atoms with Gasteiger partial charge in [0.2, 0.25) is 0 Å². The molecule has 5 nitrogen and oxygen atoms in total. The molecule has 0 spiro atoms. The van der Waals surface area contributed by atoms with E-state index in [1.165, 1.54) is 6.07 Å². The van der Waals surface area contributed by atoms with Gasteiger partial charge in [-0.05, 0) is 35.0 Å². The Kier molecular flexibility index (Phi) is 3.66. The lowest BCUT2D eigenvalue weighted by Gasteiger charge is -2.08. The first kappa shape index (κ1) is 12.6. The fourth-order valence-corrected chi connectivity index (χ4v) is 2.18. The standard InChI is InChI=1S/C12H11BrN2O3/c1-8-4-10(13)11(5-12(8)15(16)17)14-6-9-2-3-18-7-9/h2-5,7,14H,6H2,1H3. The molecule has 0 bridgehead atoms. The fourth-order valence-electron chi connectivity index (χ4n) is 1.58. The van der Waals surface area contributed by atoms with Gasteiger partial charge in [0.25, 0.3) is 5.69 Å². The number of hydrogen-bond acceptors (Lipinski definition) is 4. The summed E-state index contributed by atoms with van der Waals surface area (Å²) in [7, 11) is 0. The Morgan fingerprint density at radius 2 is 2.28 bits per heavy atom. The molecule has 0 fully saturated rings. The molecule has 0 amide bonds. The van der Waals surface area contributed by atoms with Crippen molar-refractivity contribution in [3.05, 3.63) is 56.4 Å². The first-order chi connectivity index (χ1) is 8.58. The highest BCUT2D eigenvalue weighted by atomic mass is 79.9. The Hall–Kier alpha value is -1.82. The Bertz CT molecular complexity index is 567. The maximum atomic E-state index is 10.9. The van der Waals surface area contributed by atoms with Crippen LogP contribution in [0.1, 0.15) is 11.1 Å². The number of rotatable bonds is 4. The topological polar surface area (TPSA) is 68.3 Å². The van der Waals surface area contributed by atoms with Crippen molar-refractivity contribution in [3.63, 3.8) is 0 Å². The summed E-state index contributed by atoms with van der Waals surface area (Å²) in [6.07, 6.45) is 3.22. The van der Waals surface area contributed by atoms with Crippen molar-refractivity contribution in [1.29, 1.82) is 0 Å². The number of furan rings is 1. The molecule has 2 aromatic rings. The summed E-state index contributed by atoms with van der Waals surface area (Å²) in [6.45, 7) is 2.26. The third-order valence-corrected chi connectivity index (χ3v) is 3.20. The molecular formula is C12H11BrN2O3. The van der Waals surface area contributed by atoms with Gasteiger partial charge >= 0.3 is 0 Å². The Labute approximate surface area is 112 Å². The number of anilines is 1. The van der Waals surface area contributed by atoms with Crippen LogP contribution in [0.2, 0.25) is 0 Å². The molecule has 0 aliphatic carbocycles. The van der Waals surface area contributed by atoms with Crippen LogP contribution in [0.3, 0.4) is 0 Å². The second-order valence-corrected chi connectivity index (χ2v) is 4.72. The first-order valence-electron chi connectivity index (χ1n) is 5.27. The lowest BCUT2D eigenvalue weighted by molar-refractivity contribution is -0.385. The van der Waals surface area contributed by atoms with Crippen molar-refractivity contribution in [1.82, 2.24) is 0 Å². The highest BCUT2D eigenvalue weighted by molar-refractivity contribution is 9.10. The number of benzene rings is 1. The van der Waals surface area contributed by atoms with Gasteiger partial charge in [-0.3, -0.25) is 10.1 Å². The van der Waals surface area contributed by atoms with Crippen molar-refractivity contribution in [2.45, 2.75) is 13.5 Å². The van der Waals surface area contributed by atoms with E-state index in [9.17, 15) is 10.1 Å². The van der Waals surface area contributed by atoms with Gasteiger partial charge in [0.15, 0.2) is 0 Å². The van der Waals surface area contributed by atoms with Crippen LogP contribution in [0.15, 0.2) is 39.6 Å². The zero-order valence-electron chi connectivity index (χ0n) is 9.64. The minimum atomic E-state index is -0.384. The number of aryl methyl sites for hydroxylation is 1. The number of halogens is 1. The highest BCUT2D eigenvalue weighted by Crippen LogP contribution is 2.30. The van der Waals surface area contributed by atoms with Gasteiger partial charge in [-0.1, -0.05) is 0 Å². The van der Waals surface area contributed by atoms with E-state index in [0.29, 0.717) is 17.8 Å². The summed E-state index contributed by atoms with van der Waals surface area (Å²) < 4.78 is 5.75. The van der Waals surface area contributed by atoms with Crippen molar-refractivity contribution >= 4 is 27.3 Å². The van der Waals surface area contributed by atoms with Crippen LogP contribution in [-0.2, 0) is 6.54 Å². The highest BCUT2D eigenvalue weighted by Gasteiger charge is 2.14. The quantitative estimate of drug-likeness (QED) is 0.687. The molecule has 0 aliphatic rings. The molecule has 1 aromatic heterocycles. The smallest absolute Gasteiger partial charge is 0.274 e. The van der Waals surface area contributed by atoms with Crippen molar-refractivity contribution < 1.29 is 9.34 Å². The lowest BCUT2D eigenvalue weighted by Crippen LogP contribution is -2.01. The fraction of sp³-hybridized carbons (Fsp3) is 0.167. The average molecular weight is 311 g/mol. The Morgan fingerprint density at radius 1 is 1.50 bits per heavy atom. The van der Waals surface area contributed by atoms with Gasteiger partial charge in [-0.2, -0.15) is 0 Å². The molecule has 0 atom stereocenters. The van der Waals surface area contributed by atoms with Crippen LogP contribution in [0, 0.1) is 17.0 Å². The van der Waals surface area contributed by atoms with Gasteiger partial charge in [0.05, 0.1) is 23.1 Å². The summed E-state index contributed by atoms with van der Waals surface area (Å²) in [4.78, 5) is 10.5. The molecule has 2 rings (SSSR count). The summed E-state index contributed by atoms with van der Waals surface area (Å²) >= 11 is 3.39. The van der Waals surface area contributed by atoms with Crippen LogP contribution >= 0.6 is 15.9 Å². The molecule has 1 heterocycles. The Morgan fingerprint density at radius 3 is 2.89 bits per heavy atom. The van der Waals surface area contributed by atoms with Crippen LogP contribution in [-0.4, -0.2) is 4.92 Å². The average Bonchev–Trinajstić information content (AvgIpc) is 2.80. The van der Waals surface area contributed by atoms with Crippen molar-refractivity contribution in [3.8, 4) is 0 Å². The molecule has 0 saturated carbocycles. The molecule has 0 radical (unpaired) electrons. The van der Waals surface area contributed by atoms with Gasteiger partial charge in [0.1, 0.15) is 0 Å². The molecule has 1 N–H and O–H groups in total. The minimum absolute atomic E-state index is 0.105. The van der Waals surface area contributed by atoms with Crippen LogP contribution in [0.25, 0.3) is 0 Å². The predicted molar refractivity (Wildman–Crippen MR) is 71.6 cm³/mol. The second-order valence-electron chi connectivity index (χ2n) is 3.86. The van der Waals surface area contributed by atoms with Crippen LogP contribution in [0.5, 0.6) is 0 Å². The van der Waals surface area contributed by atoms with Crippen LogP contribution < -0.4 is 5.32 Å². The minimum Gasteiger partial charge on any atom is -0.472 e. The van der Waals surface area contributed by atoms with Crippen molar-refractivity contribution in [2.75, 3.05) is 5.32 Å². The van der Waals surface area contributed by atoms with E-state index < -0.39 is 0 Å². The van der Waals surface area contributed by atoms with E-state index in [1.54, 1.807) is 25.5 Å². The molecule has 0 saturated heterocycles. The van der Waals surface area contributed by atoms with E-state index in [4.69, 9.17) is 4.42 Å². The van der Waals surface area contributed by atoms with E-state index in [1.807, 2.05) is 6.07 Å². The summed E-state index contributed by atoms with van der Waals surface area (Å²) in [5, 5.41) is 14.0. The summed E-state index contributed by atoms with van der Waals surface area (Å²) in [5.41, 5.74) is 2.40.